The Bertz CT molecular complexity index is 491. The molecule has 0 saturated heterocycles. The summed E-state index contributed by atoms with van der Waals surface area (Å²) in [5.41, 5.74) is 6.18. The highest BCUT2D eigenvalue weighted by Gasteiger charge is 2.14. The Morgan fingerprint density at radius 2 is 2.17 bits per heavy atom. The van der Waals surface area contributed by atoms with Crippen molar-refractivity contribution in [2.24, 2.45) is 5.73 Å². The molecule has 0 spiro atoms. The molecule has 102 valence electrons. The highest BCUT2D eigenvalue weighted by molar-refractivity contribution is 7.89. The Balaban J connectivity index is 2.76. The van der Waals surface area contributed by atoms with Crippen molar-refractivity contribution in [2.75, 3.05) is 20.3 Å². The summed E-state index contributed by atoms with van der Waals surface area (Å²) < 4.78 is 31.1. The Kier molecular flexibility index (Phi) is 6.04. The van der Waals surface area contributed by atoms with E-state index < -0.39 is 10.0 Å². The van der Waals surface area contributed by atoms with Gasteiger partial charge in [0.05, 0.1) is 4.90 Å². The van der Waals surface area contributed by atoms with E-state index in [0.29, 0.717) is 24.6 Å². The lowest BCUT2D eigenvalue weighted by molar-refractivity contribution is 0.196. The van der Waals surface area contributed by atoms with Gasteiger partial charge in [-0.1, -0.05) is 17.7 Å². The summed E-state index contributed by atoms with van der Waals surface area (Å²) in [7, 11) is -1.95. The van der Waals surface area contributed by atoms with Crippen molar-refractivity contribution >= 4 is 21.6 Å². The lowest BCUT2D eigenvalue weighted by Gasteiger charge is -2.08. The number of hydrogen-bond donors (Lipinski definition) is 2. The summed E-state index contributed by atoms with van der Waals surface area (Å²) in [6.45, 7) is 1.11. The average molecular weight is 293 g/mol. The molecule has 3 N–H and O–H groups in total. The molecule has 0 radical (unpaired) electrons. The first-order chi connectivity index (χ1) is 8.51. The topological polar surface area (TPSA) is 81.4 Å². The highest BCUT2D eigenvalue weighted by Crippen LogP contribution is 2.20. The third-order valence-corrected chi connectivity index (χ3v) is 4.18. The van der Waals surface area contributed by atoms with Crippen LogP contribution in [0.2, 0.25) is 5.02 Å². The third-order valence-electron chi connectivity index (χ3n) is 2.37. The van der Waals surface area contributed by atoms with Gasteiger partial charge in [0.1, 0.15) is 0 Å². The van der Waals surface area contributed by atoms with Gasteiger partial charge in [-0.05, 0) is 24.1 Å². The van der Waals surface area contributed by atoms with Crippen molar-refractivity contribution in [1.29, 1.82) is 0 Å². The van der Waals surface area contributed by atoms with Gasteiger partial charge in [0.25, 0.3) is 0 Å². The molecular formula is C11H17ClN2O3S. The zero-order valence-corrected chi connectivity index (χ0v) is 11.7. The van der Waals surface area contributed by atoms with Crippen molar-refractivity contribution in [2.45, 2.75) is 17.9 Å². The molecule has 0 saturated carbocycles. The molecule has 1 rings (SSSR count). The van der Waals surface area contributed by atoms with Crippen LogP contribution in [0.3, 0.4) is 0 Å². The smallest absolute Gasteiger partial charge is 0.240 e. The normalized spacial score (nSPS) is 11.7. The highest BCUT2D eigenvalue weighted by atomic mass is 35.5. The molecular weight excluding hydrogens is 276 g/mol. The summed E-state index contributed by atoms with van der Waals surface area (Å²) in [5, 5.41) is 0.359. The number of hydrogen-bond acceptors (Lipinski definition) is 4. The maximum atomic E-state index is 11.9. The van der Waals surface area contributed by atoms with Crippen molar-refractivity contribution in [3.05, 3.63) is 28.8 Å². The first-order valence-corrected chi connectivity index (χ1v) is 7.34. The molecule has 0 aliphatic heterocycles. The van der Waals surface area contributed by atoms with Gasteiger partial charge in [-0.15, -0.1) is 0 Å². The van der Waals surface area contributed by atoms with Gasteiger partial charge in [-0.2, -0.15) is 0 Å². The number of halogens is 1. The van der Waals surface area contributed by atoms with Gasteiger partial charge in [-0.3, -0.25) is 0 Å². The molecule has 0 heterocycles. The van der Waals surface area contributed by atoms with Gasteiger partial charge in [0.2, 0.25) is 10.0 Å². The summed E-state index contributed by atoms with van der Waals surface area (Å²) in [5.74, 6) is 0. The molecule has 0 aliphatic carbocycles. The molecule has 0 fully saturated rings. The number of methoxy groups -OCH3 is 1. The zero-order valence-electron chi connectivity index (χ0n) is 10.1. The molecule has 0 amide bonds. The minimum Gasteiger partial charge on any atom is -0.385 e. The Labute approximate surface area is 112 Å². The first-order valence-electron chi connectivity index (χ1n) is 5.48. The van der Waals surface area contributed by atoms with Gasteiger partial charge < -0.3 is 10.5 Å². The minimum atomic E-state index is -3.52. The molecule has 0 atom stereocenters. The van der Waals surface area contributed by atoms with Gasteiger partial charge in [-0.25, -0.2) is 13.1 Å². The fourth-order valence-electron chi connectivity index (χ4n) is 1.37. The van der Waals surface area contributed by atoms with Gasteiger partial charge >= 0.3 is 0 Å². The number of benzene rings is 1. The van der Waals surface area contributed by atoms with Crippen LogP contribution in [0, 0.1) is 0 Å². The zero-order chi connectivity index (χ0) is 13.6. The molecule has 0 aromatic heterocycles. The number of rotatable bonds is 7. The van der Waals surface area contributed by atoms with E-state index >= 15 is 0 Å². The van der Waals surface area contributed by atoms with E-state index in [4.69, 9.17) is 22.1 Å². The van der Waals surface area contributed by atoms with E-state index in [0.717, 1.165) is 5.56 Å². The van der Waals surface area contributed by atoms with E-state index in [-0.39, 0.29) is 11.4 Å². The fourth-order valence-corrected chi connectivity index (χ4v) is 2.79. The second kappa shape index (κ2) is 7.06. The summed E-state index contributed by atoms with van der Waals surface area (Å²) in [6, 6.07) is 4.52. The Morgan fingerprint density at radius 3 is 2.72 bits per heavy atom. The average Bonchev–Trinajstić information content (AvgIpc) is 2.34. The van der Waals surface area contributed by atoms with E-state index in [2.05, 4.69) is 4.72 Å². The second-order valence-corrected chi connectivity index (χ2v) is 5.88. The van der Waals surface area contributed by atoms with E-state index in [1.54, 1.807) is 13.2 Å². The van der Waals surface area contributed by atoms with E-state index in [1.807, 2.05) is 0 Å². The second-order valence-electron chi connectivity index (χ2n) is 3.70. The largest absolute Gasteiger partial charge is 0.385 e. The van der Waals surface area contributed by atoms with Crippen LogP contribution in [-0.2, 0) is 21.3 Å². The number of nitrogens with two attached hydrogens (primary N) is 1. The predicted molar refractivity (Wildman–Crippen MR) is 71.0 cm³/mol. The summed E-state index contributed by atoms with van der Waals surface area (Å²) in [4.78, 5) is 0.141. The van der Waals surface area contributed by atoms with Gasteiger partial charge in [0.15, 0.2) is 0 Å². The summed E-state index contributed by atoms with van der Waals surface area (Å²) in [6.07, 6.45) is 0.615. The van der Waals surface area contributed by atoms with Crippen LogP contribution in [0.25, 0.3) is 0 Å². The number of ether oxygens (including phenoxy) is 1. The van der Waals surface area contributed by atoms with Crippen molar-refractivity contribution in [3.63, 3.8) is 0 Å². The standard InChI is InChI=1S/C11H17ClN2O3S/c1-17-6-2-5-14-18(15,16)10-4-3-9(8-13)11(12)7-10/h3-4,7,14H,2,5-6,8,13H2,1H3. The van der Waals surface area contributed by atoms with Crippen molar-refractivity contribution in [3.8, 4) is 0 Å². The van der Waals surface area contributed by atoms with Crippen LogP contribution in [0.1, 0.15) is 12.0 Å². The third kappa shape index (κ3) is 4.22. The van der Waals surface area contributed by atoms with Crippen LogP contribution in [0.4, 0.5) is 0 Å². The van der Waals surface area contributed by atoms with Crippen LogP contribution in [0.5, 0.6) is 0 Å². The van der Waals surface area contributed by atoms with Crippen LogP contribution < -0.4 is 10.5 Å². The maximum absolute atomic E-state index is 11.9. The lowest BCUT2D eigenvalue weighted by atomic mass is 10.2. The quantitative estimate of drug-likeness (QED) is 0.738. The van der Waals surface area contributed by atoms with Crippen LogP contribution in [-0.4, -0.2) is 28.7 Å². The first kappa shape index (κ1) is 15.4. The Morgan fingerprint density at radius 1 is 1.44 bits per heavy atom. The monoisotopic (exact) mass is 292 g/mol. The molecule has 18 heavy (non-hydrogen) atoms. The van der Waals surface area contributed by atoms with Crippen molar-refractivity contribution < 1.29 is 13.2 Å². The number of sulfonamides is 1. The molecule has 0 unspecified atom stereocenters. The summed E-state index contributed by atoms with van der Waals surface area (Å²) >= 11 is 5.93. The molecule has 1 aromatic rings. The van der Waals surface area contributed by atoms with E-state index in [1.165, 1.54) is 12.1 Å². The van der Waals surface area contributed by atoms with Crippen LogP contribution in [0.15, 0.2) is 23.1 Å². The van der Waals surface area contributed by atoms with E-state index in [9.17, 15) is 8.42 Å². The Hall–Kier alpha value is -0.660. The molecule has 0 aliphatic rings. The maximum Gasteiger partial charge on any atom is 0.240 e. The minimum absolute atomic E-state index is 0.141. The molecule has 1 aromatic carbocycles. The van der Waals surface area contributed by atoms with Crippen molar-refractivity contribution in [1.82, 2.24) is 4.72 Å². The lowest BCUT2D eigenvalue weighted by Crippen LogP contribution is -2.25. The van der Waals surface area contributed by atoms with Crippen LogP contribution >= 0.6 is 11.6 Å². The molecule has 0 bridgehead atoms. The SMILES string of the molecule is COCCCNS(=O)(=O)c1ccc(CN)c(Cl)c1. The molecule has 5 nitrogen and oxygen atoms in total. The van der Waals surface area contributed by atoms with Gasteiger partial charge in [0, 0.05) is 31.8 Å². The number of nitrogens with one attached hydrogen (secondary N) is 1. The fraction of sp³-hybridized carbons (Fsp3) is 0.455. The predicted octanol–water partition coefficient (Wildman–Crippen LogP) is 1.11. The molecule has 7 heteroatoms.